The molecular weight excluding hydrogens is 392 g/mol. The number of ether oxygens (including phenoxy) is 1. The Kier molecular flexibility index (Phi) is 6.57. The average molecular weight is 410 g/mol. The Hall–Kier alpha value is -2.44. The van der Waals surface area contributed by atoms with Gasteiger partial charge in [0, 0.05) is 17.3 Å². The maximum absolute atomic E-state index is 13.6. The molecule has 0 saturated heterocycles. The molecule has 3 aromatic rings. The van der Waals surface area contributed by atoms with Crippen LogP contribution in [-0.4, -0.2) is 22.0 Å². The molecular formula is C19H18Cl2FN3O2. The number of rotatable bonds is 4. The summed E-state index contributed by atoms with van der Waals surface area (Å²) in [7, 11) is 0. The van der Waals surface area contributed by atoms with E-state index >= 15 is 0 Å². The van der Waals surface area contributed by atoms with E-state index in [4.69, 9.17) is 16.3 Å². The van der Waals surface area contributed by atoms with E-state index in [1.54, 1.807) is 26.0 Å². The average Bonchev–Trinajstić information content (AvgIpc) is 2.57. The van der Waals surface area contributed by atoms with E-state index in [0.29, 0.717) is 27.4 Å². The predicted octanol–water partition coefficient (Wildman–Crippen LogP) is 5.46. The zero-order valence-corrected chi connectivity index (χ0v) is 16.5. The van der Waals surface area contributed by atoms with Gasteiger partial charge >= 0.3 is 5.97 Å². The molecule has 1 N–H and O–H groups in total. The molecule has 3 rings (SSSR count). The monoisotopic (exact) mass is 409 g/mol. The summed E-state index contributed by atoms with van der Waals surface area (Å²) in [5.41, 5.74) is 2.22. The third-order valence-electron chi connectivity index (χ3n) is 3.62. The zero-order valence-electron chi connectivity index (χ0n) is 14.9. The number of hydrogen-bond acceptors (Lipinski definition) is 5. The van der Waals surface area contributed by atoms with Gasteiger partial charge < -0.3 is 10.1 Å². The van der Waals surface area contributed by atoms with Gasteiger partial charge in [0.15, 0.2) is 5.65 Å². The van der Waals surface area contributed by atoms with Gasteiger partial charge in [0.2, 0.25) is 0 Å². The number of halogens is 3. The first-order valence-corrected chi connectivity index (χ1v) is 8.42. The molecule has 0 unspecified atom stereocenters. The topological polar surface area (TPSA) is 64.1 Å². The van der Waals surface area contributed by atoms with Gasteiger partial charge in [-0.05, 0) is 51.1 Å². The first kappa shape index (κ1) is 20.9. The third-order valence-corrected chi connectivity index (χ3v) is 3.95. The first-order valence-electron chi connectivity index (χ1n) is 8.04. The minimum atomic E-state index is -0.537. The fraction of sp³-hybridized carbons (Fsp3) is 0.211. The Bertz CT molecular complexity index is 996. The van der Waals surface area contributed by atoms with Crippen LogP contribution in [0.4, 0.5) is 15.8 Å². The second-order valence-electron chi connectivity index (χ2n) is 6.07. The van der Waals surface area contributed by atoms with E-state index in [0.717, 1.165) is 5.69 Å². The number of hydrogen-bond donors (Lipinski definition) is 1. The lowest BCUT2D eigenvalue weighted by atomic mass is 10.1. The highest BCUT2D eigenvalue weighted by molar-refractivity contribution is 6.33. The summed E-state index contributed by atoms with van der Waals surface area (Å²) in [5, 5.41) is 3.97. The summed E-state index contributed by atoms with van der Waals surface area (Å²) in [6, 6.07) is 7.56. The highest BCUT2D eigenvalue weighted by atomic mass is 35.5. The number of nitrogens with one attached hydrogen (secondary N) is 1. The van der Waals surface area contributed by atoms with Crippen molar-refractivity contribution in [1.29, 1.82) is 0 Å². The maximum Gasteiger partial charge on any atom is 0.342 e. The standard InChI is InChI=1S/C19H17ClFN3O2.ClH/c1-10(2)26-19(25)14-9-22-18-13(6-4-11(3)23-18)17(14)24-16-8-12(21)5-7-15(16)20;/h4-10H,1-3H3,(H,22,23,24);1H. The molecule has 27 heavy (non-hydrogen) atoms. The summed E-state index contributed by atoms with van der Waals surface area (Å²) in [5.74, 6) is -0.986. The number of fused-ring (bicyclic) bond motifs is 1. The van der Waals surface area contributed by atoms with Crippen molar-refractivity contribution in [3.05, 3.63) is 58.6 Å². The number of benzene rings is 1. The predicted molar refractivity (Wildman–Crippen MR) is 107 cm³/mol. The van der Waals surface area contributed by atoms with Crippen LogP contribution >= 0.6 is 24.0 Å². The lowest BCUT2D eigenvalue weighted by Gasteiger charge is -2.16. The summed E-state index contributed by atoms with van der Waals surface area (Å²) in [4.78, 5) is 21.1. The summed E-state index contributed by atoms with van der Waals surface area (Å²) in [6.07, 6.45) is 1.11. The van der Waals surface area contributed by atoms with Crippen LogP contribution in [0.5, 0.6) is 0 Å². The van der Waals surface area contributed by atoms with Gasteiger partial charge in [0.1, 0.15) is 11.4 Å². The van der Waals surface area contributed by atoms with Gasteiger partial charge in [-0.2, -0.15) is 0 Å². The Morgan fingerprint density at radius 3 is 2.70 bits per heavy atom. The molecule has 0 atom stereocenters. The number of pyridine rings is 2. The van der Waals surface area contributed by atoms with Crippen LogP contribution < -0.4 is 5.32 Å². The van der Waals surface area contributed by atoms with E-state index in [9.17, 15) is 9.18 Å². The van der Waals surface area contributed by atoms with Gasteiger partial charge in [-0.1, -0.05) is 11.6 Å². The SMILES string of the molecule is Cc1ccc2c(Nc3cc(F)ccc3Cl)c(C(=O)OC(C)C)cnc2n1.Cl. The number of aromatic nitrogens is 2. The van der Waals surface area contributed by atoms with E-state index in [2.05, 4.69) is 15.3 Å². The molecule has 8 heteroatoms. The third kappa shape index (κ3) is 4.64. The van der Waals surface area contributed by atoms with Gasteiger partial charge in [-0.15, -0.1) is 12.4 Å². The molecule has 0 aliphatic carbocycles. The first-order chi connectivity index (χ1) is 12.3. The van der Waals surface area contributed by atoms with Gasteiger partial charge in [-0.3, -0.25) is 0 Å². The number of nitrogens with zero attached hydrogens (tertiary/aromatic N) is 2. The molecule has 1 aromatic carbocycles. The van der Waals surface area contributed by atoms with Crippen molar-refractivity contribution in [2.24, 2.45) is 0 Å². The van der Waals surface area contributed by atoms with Crippen molar-refractivity contribution in [2.45, 2.75) is 26.9 Å². The van der Waals surface area contributed by atoms with Crippen LogP contribution in [-0.2, 0) is 4.74 Å². The van der Waals surface area contributed by atoms with Gasteiger partial charge in [-0.25, -0.2) is 19.2 Å². The Morgan fingerprint density at radius 2 is 2.00 bits per heavy atom. The summed E-state index contributed by atoms with van der Waals surface area (Å²) < 4.78 is 18.9. The van der Waals surface area contributed by atoms with Crippen molar-refractivity contribution in [3.8, 4) is 0 Å². The number of esters is 1. The molecule has 5 nitrogen and oxygen atoms in total. The lowest BCUT2D eigenvalue weighted by molar-refractivity contribution is 0.0379. The number of aryl methyl sites for hydroxylation is 1. The quantitative estimate of drug-likeness (QED) is 0.579. The molecule has 0 saturated carbocycles. The molecule has 0 bridgehead atoms. The van der Waals surface area contributed by atoms with E-state index < -0.39 is 11.8 Å². The van der Waals surface area contributed by atoms with Crippen LogP contribution in [0.25, 0.3) is 11.0 Å². The van der Waals surface area contributed by atoms with Crippen molar-refractivity contribution in [2.75, 3.05) is 5.32 Å². The minimum absolute atomic E-state index is 0. The van der Waals surface area contributed by atoms with E-state index in [1.807, 2.05) is 6.92 Å². The molecule has 0 aliphatic rings. The highest BCUT2D eigenvalue weighted by Gasteiger charge is 2.19. The molecule has 142 valence electrons. The van der Waals surface area contributed by atoms with E-state index in [1.165, 1.54) is 24.4 Å². The number of anilines is 2. The van der Waals surface area contributed by atoms with Crippen molar-refractivity contribution < 1.29 is 13.9 Å². The normalized spacial score (nSPS) is 10.6. The molecule has 2 heterocycles. The van der Waals surface area contributed by atoms with Crippen LogP contribution in [0.3, 0.4) is 0 Å². The van der Waals surface area contributed by atoms with Gasteiger partial charge in [0.05, 0.1) is 22.5 Å². The second-order valence-corrected chi connectivity index (χ2v) is 6.48. The maximum atomic E-state index is 13.6. The van der Waals surface area contributed by atoms with Crippen LogP contribution in [0.15, 0.2) is 36.5 Å². The van der Waals surface area contributed by atoms with Crippen LogP contribution in [0.2, 0.25) is 5.02 Å². The van der Waals surface area contributed by atoms with Crippen molar-refractivity contribution in [1.82, 2.24) is 9.97 Å². The fourth-order valence-corrected chi connectivity index (χ4v) is 2.63. The largest absolute Gasteiger partial charge is 0.459 e. The highest BCUT2D eigenvalue weighted by Crippen LogP contribution is 2.32. The molecule has 0 spiro atoms. The Morgan fingerprint density at radius 1 is 1.26 bits per heavy atom. The fourth-order valence-electron chi connectivity index (χ4n) is 2.47. The van der Waals surface area contributed by atoms with Crippen molar-refractivity contribution >= 4 is 52.4 Å². The molecule has 0 amide bonds. The van der Waals surface area contributed by atoms with Crippen molar-refractivity contribution in [3.63, 3.8) is 0 Å². The molecule has 0 radical (unpaired) electrons. The lowest BCUT2D eigenvalue weighted by Crippen LogP contribution is -2.14. The Labute approximate surface area is 167 Å². The van der Waals surface area contributed by atoms with Crippen LogP contribution in [0.1, 0.15) is 29.9 Å². The smallest absolute Gasteiger partial charge is 0.342 e. The minimum Gasteiger partial charge on any atom is -0.459 e. The number of carbonyl (C=O) groups excluding carboxylic acids is 1. The van der Waals surface area contributed by atoms with E-state index in [-0.39, 0.29) is 24.1 Å². The Balaban J connectivity index is 0.00000261. The molecule has 2 aromatic heterocycles. The van der Waals surface area contributed by atoms with Crippen LogP contribution in [0, 0.1) is 12.7 Å². The second kappa shape index (κ2) is 8.50. The molecule has 0 aliphatic heterocycles. The summed E-state index contributed by atoms with van der Waals surface area (Å²) >= 11 is 6.16. The van der Waals surface area contributed by atoms with Gasteiger partial charge in [0.25, 0.3) is 0 Å². The zero-order chi connectivity index (χ0) is 18.8. The molecule has 0 fully saturated rings. The summed E-state index contributed by atoms with van der Waals surface area (Å²) in [6.45, 7) is 5.36. The number of carbonyl (C=O) groups is 1.